The van der Waals surface area contributed by atoms with E-state index in [1.165, 1.54) is 0 Å². The van der Waals surface area contributed by atoms with E-state index >= 15 is 0 Å². The van der Waals surface area contributed by atoms with Crippen LogP contribution in [0.1, 0.15) is 19.8 Å². The Bertz CT molecular complexity index is 84.9. The van der Waals surface area contributed by atoms with Crippen LogP contribution < -0.4 is 5.73 Å². The van der Waals surface area contributed by atoms with E-state index in [9.17, 15) is 4.39 Å². The standard InChI is InChI=1S/C7H14FN/c1-5-2-3-7(8)6(5)4-9/h5-7H,2-4,9H2,1H3/t5-,6+,7-/m0/s1. The maximum Gasteiger partial charge on any atom is 0.104 e. The van der Waals surface area contributed by atoms with Gasteiger partial charge in [-0.1, -0.05) is 6.92 Å². The molecule has 0 aromatic heterocycles. The molecule has 0 aliphatic heterocycles. The second-order valence-electron chi connectivity index (χ2n) is 2.97. The number of hydrogen-bond acceptors (Lipinski definition) is 1. The Balaban J connectivity index is 2.44. The molecule has 3 atom stereocenters. The van der Waals surface area contributed by atoms with E-state index in [1.54, 1.807) is 0 Å². The third-order valence-electron chi connectivity index (χ3n) is 2.37. The molecule has 0 amide bonds. The monoisotopic (exact) mass is 131 g/mol. The van der Waals surface area contributed by atoms with Crippen molar-refractivity contribution in [2.75, 3.05) is 6.54 Å². The van der Waals surface area contributed by atoms with Crippen molar-refractivity contribution in [3.63, 3.8) is 0 Å². The van der Waals surface area contributed by atoms with Gasteiger partial charge in [0.1, 0.15) is 6.17 Å². The first kappa shape index (κ1) is 7.00. The molecular formula is C7H14FN. The van der Waals surface area contributed by atoms with Gasteiger partial charge < -0.3 is 5.73 Å². The highest BCUT2D eigenvalue weighted by Gasteiger charge is 2.31. The van der Waals surface area contributed by atoms with Crippen molar-refractivity contribution in [3.05, 3.63) is 0 Å². The predicted molar refractivity (Wildman–Crippen MR) is 35.8 cm³/mol. The molecule has 0 aromatic rings. The van der Waals surface area contributed by atoms with Gasteiger partial charge in [0.2, 0.25) is 0 Å². The number of hydrogen-bond donors (Lipinski definition) is 1. The first-order valence-corrected chi connectivity index (χ1v) is 3.60. The highest BCUT2D eigenvalue weighted by Crippen LogP contribution is 2.32. The Morgan fingerprint density at radius 3 is 2.44 bits per heavy atom. The van der Waals surface area contributed by atoms with Gasteiger partial charge in [-0.3, -0.25) is 0 Å². The molecule has 9 heavy (non-hydrogen) atoms. The van der Waals surface area contributed by atoms with Crippen molar-refractivity contribution < 1.29 is 4.39 Å². The van der Waals surface area contributed by atoms with Gasteiger partial charge in [0.25, 0.3) is 0 Å². The lowest BCUT2D eigenvalue weighted by molar-refractivity contribution is 0.242. The van der Waals surface area contributed by atoms with Crippen LogP contribution in [0, 0.1) is 11.8 Å². The molecule has 0 saturated heterocycles. The van der Waals surface area contributed by atoms with Crippen molar-refractivity contribution in [2.24, 2.45) is 17.6 Å². The highest BCUT2D eigenvalue weighted by atomic mass is 19.1. The molecule has 0 aromatic carbocycles. The van der Waals surface area contributed by atoms with E-state index in [0.717, 1.165) is 12.8 Å². The minimum atomic E-state index is -0.620. The van der Waals surface area contributed by atoms with Crippen LogP contribution >= 0.6 is 0 Å². The van der Waals surface area contributed by atoms with Crippen LogP contribution in [-0.4, -0.2) is 12.7 Å². The largest absolute Gasteiger partial charge is 0.330 e. The Morgan fingerprint density at radius 1 is 1.56 bits per heavy atom. The summed E-state index contributed by atoms with van der Waals surface area (Å²) in [6.45, 7) is 2.60. The molecule has 1 rings (SSSR count). The quantitative estimate of drug-likeness (QED) is 0.570. The molecule has 0 heterocycles. The first-order valence-electron chi connectivity index (χ1n) is 3.60. The SMILES string of the molecule is C[C@H]1CC[C@H](F)[C@@H]1CN. The molecule has 0 bridgehead atoms. The fourth-order valence-corrected chi connectivity index (χ4v) is 1.59. The minimum absolute atomic E-state index is 0.144. The molecule has 1 fully saturated rings. The van der Waals surface area contributed by atoms with Gasteiger partial charge in [-0.2, -0.15) is 0 Å². The molecule has 54 valence electrons. The maximum absolute atomic E-state index is 12.8. The summed E-state index contributed by atoms with van der Waals surface area (Å²) in [7, 11) is 0. The molecule has 2 N–H and O–H groups in total. The molecule has 0 spiro atoms. The summed E-state index contributed by atoms with van der Waals surface area (Å²) < 4.78 is 12.8. The van der Waals surface area contributed by atoms with E-state index in [-0.39, 0.29) is 5.92 Å². The third kappa shape index (κ3) is 1.23. The molecule has 1 nitrogen and oxygen atoms in total. The smallest absolute Gasteiger partial charge is 0.104 e. The summed E-state index contributed by atoms with van der Waals surface area (Å²) in [6.07, 6.45) is 1.12. The molecule has 1 saturated carbocycles. The summed E-state index contributed by atoms with van der Waals surface area (Å²) >= 11 is 0. The maximum atomic E-state index is 12.8. The second kappa shape index (κ2) is 2.65. The van der Waals surface area contributed by atoms with Gasteiger partial charge in [-0.25, -0.2) is 4.39 Å². The van der Waals surface area contributed by atoms with Crippen LogP contribution in [0.15, 0.2) is 0 Å². The van der Waals surface area contributed by atoms with Crippen LogP contribution in [0.3, 0.4) is 0 Å². The lowest BCUT2D eigenvalue weighted by atomic mass is 9.98. The van der Waals surface area contributed by atoms with Crippen LogP contribution in [0.5, 0.6) is 0 Å². The van der Waals surface area contributed by atoms with E-state index in [0.29, 0.717) is 12.5 Å². The fraction of sp³-hybridized carbons (Fsp3) is 1.00. The van der Waals surface area contributed by atoms with E-state index in [1.807, 2.05) is 0 Å². The second-order valence-corrected chi connectivity index (χ2v) is 2.97. The van der Waals surface area contributed by atoms with Crippen molar-refractivity contribution >= 4 is 0 Å². The van der Waals surface area contributed by atoms with Crippen LogP contribution in [0.4, 0.5) is 4.39 Å². The van der Waals surface area contributed by atoms with Gasteiger partial charge >= 0.3 is 0 Å². The number of rotatable bonds is 1. The van der Waals surface area contributed by atoms with Crippen molar-refractivity contribution in [1.82, 2.24) is 0 Å². The highest BCUT2D eigenvalue weighted by molar-refractivity contribution is 4.82. The molecule has 0 radical (unpaired) electrons. The van der Waals surface area contributed by atoms with E-state index in [2.05, 4.69) is 6.92 Å². The van der Waals surface area contributed by atoms with Gasteiger partial charge in [-0.15, -0.1) is 0 Å². The molecule has 0 unspecified atom stereocenters. The lowest BCUT2D eigenvalue weighted by Crippen LogP contribution is -2.23. The molecular weight excluding hydrogens is 117 g/mol. The van der Waals surface area contributed by atoms with E-state index in [4.69, 9.17) is 5.73 Å². The van der Waals surface area contributed by atoms with Gasteiger partial charge in [0, 0.05) is 5.92 Å². The third-order valence-corrected chi connectivity index (χ3v) is 2.37. The zero-order valence-corrected chi connectivity index (χ0v) is 5.81. The van der Waals surface area contributed by atoms with Crippen LogP contribution in [0.25, 0.3) is 0 Å². The summed E-state index contributed by atoms with van der Waals surface area (Å²) in [5, 5.41) is 0. The summed E-state index contributed by atoms with van der Waals surface area (Å²) in [5.41, 5.74) is 5.37. The summed E-state index contributed by atoms with van der Waals surface area (Å²) in [5.74, 6) is 0.648. The summed E-state index contributed by atoms with van der Waals surface area (Å²) in [4.78, 5) is 0. The number of alkyl halides is 1. The minimum Gasteiger partial charge on any atom is -0.330 e. The van der Waals surface area contributed by atoms with Gasteiger partial charge in [0.05, 0.1) is 0 Å². The van der Waals surface area contributed by atoms with Gasteiger partial charge in [0.15, 0.2) is 0 Å². The predicted octanol–water partition coefficient (Wildman–Crippen LogP) is 1.33. The Labute approximate surface area is 55.4 Å². The van der Waals surface area contributed by atoms with Crippen molar-refractivity contribution in [1.29, 1.82) is 0 Å². The summed E-state index contributed by atoms with van der Waals surface area (Å²) in [6, 6.07) is 0. The molecule has 2 heteroatoms. The molecule has 1 aliphatic rings. The van der Waals surface area contributed by atoms with Crippen LogP contribution in [-0.2, 0) is 0 Å². The fourth-order valence-electron chi connectivity index (χ4n) is 1.59. The van der Waals surface area contributed by atoms with Crippen LogP contribution in [0.2, 0.25) is 0 Å². The first-order chi connectivity index (χ1) is 4.25. The zero-order valence-electron chi connectivity index (χ0n) is 5.81. The van der Waals surface area contributed by atoms with Gasteiger partial charge in [-0.05, 0) is 25.3 Å². The topological polar surface area (TPSA) is 26.0 Å². The Kier molecular flexibility index (Phi) is 2.06. The average Bonchev–Trinajstić information content (AvgIpc) is 2.12. The van der Waals surface area contributed by atoms with Crippen molar-refractivity contribution in [3.8, 4) is 0 Å². The number of nitrogens with two attached hydrogens (primary N) is 1. The van der Waals surface area contributed by atoms with Crippen molar-refractivity contribution in [2.45, 2.75) is 25.9 Å². The average molecular weight is 131 g/mol. The van der Waals surface area contributed by atoms with E-state index < -0.39 is 6.17 Å². The molecule has 1 aliphatic carbocycles. The zero-order chi connectivity index (χ0) is 6.85. The normalized spacial score (nSPS) is 43.7. The number of halogens is 1. The Hall–Kier alpha value is -0.110. The Morgan fingerprint density at radius 2 is 2.22 bits per heavy atom. The lowest BCUT2D eigenvalue weighted by Gasteiger charge is -2.13.